The molecule has 2 aromatic carbocycles. The Morgan fingerprint density at radius 1 is 0.955 bits per heavy atom. The van der Waals surface area contributed by atoms with E-state index in [-0.39, 0.29) is 0 Å². The molecule has 0 aliphatic carbocycles. The van der Waals surface area contributed by atoms with Gasteiger partial charge < -0.3 is 5.32 Å². The molecule has 0 fully saturated rings. The van der Waals surface area contributed by atoms with Crippen molar-refractivity contribution in [2.75, 3.05) is 5.32 Å². The molecule has 0 saturated heterocycles. The molecule has 0 radical (unpaired) electrons. The molecule has 1 heterocycles. The molecule has 112 valence electrons. The van der Waals surface area contributed by atoms with Gasteiger partial charge >= 0.3 is 0 Å². The summed E-state index contributed by atoms with van der Waals surface area (Å²) >= 11 is 1.75. The van der Waals surface area contributed by atoms with Crippen molar-refractivity contribution in [2.45, 2.75) is 27.3 Å². The topological polar surface area (TPSA) is 24.9 Å². The van der Waals surface area contributed by atoms with E-state index in [1.54, 1.807) is 11.3 Å². The summed E-state index contributed by atoms with van der Waals surface area (Å²) in [6.45, 7) is 7.18. The third-order valence-electron chi connectivity index (χ3n) is 3.81. The molecule has 0 atom stereocenters. The first-order valence-electron chi connectivity index (χ1n) is 7.46. The Bertz CT molecular complexity index is 772. The average Bonchev–Trinajstić information content (AvgIpc) is 2.86. The summed E-state index contributed by atoms with van der Waals surface area (Å²) in [5, 5.41) is 4.60. The number of rotatable bonds is 4. The molecule has 0 aliphatic heterocycles. The maximum absolute atomic E-state index is 4.61. The van der Waals surface area contributed by atoms with E-state index in [4.69, 9.17) is 0 Å². The predicted molar refractivity (Wildman–Crippen MR) is 95.5 cm³/mol. The van der Waals surface area contributed by atoms with E-state index in [1.165, 1.54) is 21.6 Å². The van der Waals surface area contributed by atoms with Crippen LogP contribution in [-0.4, -0.2) is 4.98 Å². The van der Waals surface area contributed by atoms with E-state index in [0.717, 1.165) is 22.9 Å². The van der Waals surface area contributed by atoms with Gasteiger partial charge in [0.05, 0.1) is 10.7 Å². The second-order valence-corrected chi connectivity index (χ2v) is 6.90. The first-order chi connectivity index (χ1) is 10.6. The van der Waals surface area contributed by atoms with E-state index in [9.17, 15) is 0 Å². The van der Waals surface area contributed by atoms with Gasteiger partial charge in [-0.05, 0) is 44.0 Å². The highest BCUT2D eigenvalue weighted by Gasteiger charge is 2.07. The maximum Gasteiger partial charge on any atom is 0.0904 e. The Labute approximate surface area is 135 Å². The van der Waals surface area contributed by atoms with Gasteiger partial charge in [-0.2, -0.15) is 0 Å². The lowest BCUT2D eigenvalue weighted by molar-refractivity contribution is 1.12. The Hall–Kier alpha value is -2.13. The third kappa shape index (κ3) is 3.20. The summed E-state index contributed by atoms with van der Waals surface area (Å²) in [7, 11) is 0. The lowest BCUT2D eigenvalue weighted by Gasteiger charge is -2.09. The minimum Gasteiger partial charge on any atom is -0.381 e. The summed E-state index contributed by atoms with van der Waals surface area (Å²) in [4.78, 5) is 5.89. The minimum absolute atomic E-state index is 0.848. The fraction of sp³-hybridized carbons (Fsp3) is 0.211. The van der Waals surface area contributed by atoms with Crippen LogP contribution in [0.15, 0.2) is 48.5 Å². The molecule has 1 N–H and O–H groups in total. The number of aromatic nitrogens is 1. The zero-order chi connectivity index (χ0) is 15.5. The van der Waals surface area contributed by atoms with Crippen molar-refractivity contribution in [3.8, 4) is 11.3 Å². The van der Waals surface area contributed by atoms with Crippen LogP contribution in [0.5, 0.6) is 0 Å². The number of thiazole rings is 1. The number of hydrogen-bond acceptors (Lipinski definition) is 3. The van der Waals surface area contributed by atoms with Gasteiger partial charge in [0.15, 0.2) is 0 Å². The number of anilines is 1. The minimum atomic E-state index is 0.848. The van der Waals surface area contributed by atoms with E-state index in [2.05, 4.69) is 79.6 Å². The van der Waals surface area contributed by atoms with Crippen molar-refractivity contribution in [1.82, 2.24) is 4.98 Å². The van der Waals surface area contributed by atoms with E-state index in [1.807, 2.05) is 0 Å². The molecule has 3 heteroatoms. The summed E-state index contributed by atoms with van der Waals surface area (Å²) < 4.78 is 0. The molecular weight excluding hydrogens is 288 g/mol. The van der Waals surface area contributed by atoms with Gasteiger partial charge in [-0.3, -0.25) is 0 Å². The normalized spacial score (nSPS) is 10.7. The molecule has 0 unspecified atom stereocenters. The van der Waals surface area contributed by atoms with E-state index in [0.29, 0.717) is 0 Å². The third-order valence-corrected chi connectivity index (χ3v) is 4.69. The molecule has 0 amide bonds. The Kier molecular flexibility index (Phi) is 4.25. The number of benzene rings is 2. The summed E-state index contributed by atoms with van der Waals surface area (Å²) in [6, 6.07) is 17.0. The van der Waals surface area contributed by atoms with Crippen molar-refractivity contribution in [3.05, 3.63) is 69.5 Å². The van der Waals surface area contributed by atoms with Gasteiger partial charge in [0, 0.05) is 22.7 Å². The zero-order valence-electron chi connectivity index (χ0n) is 13.2. The highest BCUT2D eigenvalue weighted by Crippen LogP contribution is 2.28. The molecule has 3 rings (SSSR count). The molecule has 0 bridgehead atoms. The Morgan fingerprint density at radius 2 is 1.68 bits per heavy atom. The monoisotopic (exact) mass is 308 g/mol. The van der Waals surface area contributed by atoms with E-state index >= 15 is 0 Å². The molecule has 3 aromatic rings. The second-order valence-electron chi connectivity index (χ2n) is 5.50. The molecule has 22 heavy (non-hydrogen) atoms. The highest BCUT2D eigenvalue weighted by molar-refractivity contribution is 7.11. The molecule has 0 spiro atoms. The van der Waals surface area contributed by atoms with Crippen LogP contribution in [0.25, 0.3) is 11.3 Å². The van der Waals surface area contributed by atoms with Gasteiger partial charge in [0.1, 0.15) is 0 Å². The lowest BCUT2D eigenvalue weighted by Crippen LogP contribution is -2.00. The zero-order valence-corrected chi connectivity index (χ0v) is 14.0. The molecule has 0 aliphatic rings. The lowest BCUT2D eigenvalue weighted by atomic mass is 10.1. The van der Waals surface area contributed by atoms with Crippen molar-refractivity contribution in [2.24, 2.45) is 0 Å². The highest BCUT2D eigenvalue weighted by atomic mass is 32.1. The number of nitrogens with one attached hydrogen (secondary N) is 1. The van der Waals surface area contributed by atoms with Crippen LogP contribution in [0.1, 0.15) is 21.0 Å². The van der Waals surface area contributed by atoms with Crippen molar-refractivity contribution < 1.29 is 0 Å². The smallest absolute Gasteiger partial charge is 0.0904 e. The van der Waals surface area contributed by atoms with Crippen molar-refractivity contribution >= 4 is 17.0 Å². The average molecular weight is 308 g/mol. The fourth-order valence-corrected chi connectivity index (χ4v) is 3.39. The van der Waals surface area contributed by atoms with Crippen LogP contribution in [0.2, 0.25) is 0 Å². The molecule has 2 nitrogen and oxygen atoms in total. The van der Waals surface area contributed by atoms with Crippen molar-refractivity contribution in [3.63, 3.8) is 0 Å². The Morgan fingerprint density at radius 3 is 2.32 bits per heavy atom. The maximum atomic E-state index is 4.61. The quantitative estimate of drug-likeness (QED) is 0.703. The Balaban J connectivity index is 1.72. The fourth-order valence-electron chi connectivity index (χ4n) is 2.55. The van der Waals surface area contributed by atoms with Gasteiger partial charge in [0.25, 0.3) is 0 Å². The number of aryl methyl sites for hydroxylation is 3. The standard InChI is InChI=1S/C19H20N2S/c1-13-6-4-5-7-17(13)12-20-18-10-8-16(9-11-18)19-14(2)22-15(3)21-19/h4-11,20H,12H2,1-3H3. The van der Waals surface area contributed by atoms with Crippen LogP contribution < -0.4 is 5.32 Å². The van der Waals surface area contributed by atoms with Crippen LogP contribution in [0.3, 0.4) is 0 Å². The van der Waals surface area contributed by atoms with Gasteiger partial charge in [-0.15, -0.1) is 11.3 Å². The van der Waals surface area contributed by atoms with Gasteiger partial charge in [-0.1, -0.05) is 36.4 Å². The molecule has 1 aromatic heterocycles. The summed E-state index contributed by atoms with van der Waals surface area (Å²) in [6.07, 6.45) is 0. The number of hydrogen-bond donors (Lipinski definition) is 1. The molecule has 0 saturated carbocycles. The van der Waals surface area contributed by atoms with E-state index < -0.39 is 0 Å². The van der Waals surface area contributed by atoms with Crippen LogP contribution in [0.4, 0.5) is 5.69 Å². The molecular formula is C19H20N2S. The van der Waals surface area contributed by atoms with Gasteiger partial charge in [0.2, 0.25) is 0 Å². The first-order valence-corrected chi connectivity index (χ1v) is 8.28. The largest absolute Gasteiger partial charge is 0.381 e. The van der Waals surface area contributed by atoms with Crippen LogP contribution in [0, 0.1) is 20.8 Å². The van der Waals surface area contributed by atoms with Crippen LogP contribution in [-0.2, 0) is 6.54 Å². The SMILES string of the molecule is Cc1nc(-c2ccc(NCc3ccccc3C)cc2)c(C)s1. The summed E-state index contributed by atoms with van der Waals surface area (Å²) in [5.41, 5.74) is 6.07. The van der Waals surface area contributed by atoms with Gasteiger partial charge in [-0.25, -0.2) is 4.98 Å². The number of nitrogens with zero attached hydrogens (tertiary/aromatic N) is 1. The first kappa shape index (κ1) is 14.8. The second kappa shape index (κ2) is 6.32. The van der Waals surface area contributed by atoms with Crippen LogP contribution >= 0.6 is 11.3 Å². The van der Waals surface area contributed by atoms with Crippen molar-refractivity contribution in [1.29, 1.82) is 0 Å². The predicted octanol–water partition coefficient (Wildman–Crippen LogP) is 5.35. The summed E-state index contributed by atoms with van der Waals surface area (Å²) in [5.74, 6) is 0.